The summed E-state index contributed by atoms with van der Waals surface area (Å²) in [5, 5.41) is 0. The Morgan fingerprint density at radius 1 is 0.800 bits per heavy atom. The van der Waals surface area contributed by atoms with E-state index in [1.54, 1.807) is 24.3 Å². The minimum atomic E-state index is -0.465. The summed E-state index contributed by atoms with van der Waals surface area (Å²) < 4.78 is 18.4. The molecule has 2 saturated carbocycles. The van der Waals surface area contributed by atoms with Crippen molar-refractivity contribution in [2.24, 2.45) is 17.3 Å². The van der Waals surface area contributed by atoms with E-state index in [1.165, 1.54) is 0 Å². The summed E-state index contributed by atoms with van der Waals surface area (Å²) in [6.07, 6.45) is 3.42. The van der Waals surface area contributed by atoms with E-state index >= 15 is 0 Å². The molecule has 2 aromatic carbocycles. The van der Waals surface area contributed by atoms with Gasteiger partial charge in [0.2, 0.25) is 0 Å². The highest BCUT2D eigenvalue weighted by molar-refractivity contribution is 5.90. The van der Waals surface area contributed by atoms with Gasteiger partial charge in [-0.3, -0.25) is 0 Å². The molecule has 2 bridgehead atoms. The molecular formula is C25H24O5. The lowest BCUT2D eigenvalue weighted by Crippen LogP contribution is -2.40. The van der Waals surface area contributed by atoms with Crippen LogP contribution in [0, 0.1) is 17.3 Å². The molecule has 2 heterocycles. The van der Waals surface area contributed by atoms with Gasteiger partial charge >= 0.3 is 11.9 Å². The van der Waals surface area contributed by atoms with Gasteiger partial charge in [-0.1, -0.05) is 36.4 Å². The first-order chi connectivity index (χ1) is 14.7. The summed E-state index contributed by atoms with van der Waals surface area (Å²) in [5.74, 6) is -0.299. The fraction of sp³-hybridized carbons (Fsp3) is 0.440. The van der Waals surface area contributed by atoms with E-state index in [9.17, 15) is 9.59 Å². The molecule has 4 fully saturated rings. The van der Waals surface area contributed by atoms with Gasteiger partial charge in [-0.05, 0) is 49.9 Å². The SMILES string of the molecule is O=C(OC1C2C3CCC(O3)C2C2(CC2)C1OC(=O)c1ccccc1)c1ccccc1. The van der Waals surface area contributed by atoms with Crippen LogP contribution in [0.1, 0.15) is 46.4 Å². The fourth-order valence-corrected chi connectivity index (χ4v) is 6.21. The predicted molar refractivity (Wildman–Crippen MR) is 108 cm³/mol. The quantitative estimate of drug-likeness (QED) is 0.720. The van der Waals surface area contributed by atoms with Crippen molar-refractivity contribution >= 4 is 11.9 Å². The third-order valence-electron chi connectivity index (χ3n) is 7.56. The van der Waals surface area contributed by atoms with Crippen molar-refractivity contribution in [2.75, 3.05) is 0 Å². The molecule has 2 aliphatic heterocycles. The van der Waals surface area contributed by atoms with Crippen molar-refractivity contribution in [3.63, 3.8) is 0 Å². The number of benzene rings is 2. The number of esters is 2. The van der Waals surface area contributed by atoms with E-state index < -0.39 is 12.2 Å². The van der Waals surface area contributed by atoms with Gasteiger partial charge in [0.15, 0.2) is 0 Å². The molecular weight excluding hydrogens is 380 g/mol. The number of fused-ring (bicyclic) bond motifs is 6. The van der Waals surface area contributed by atoms with Gasteiger partial charge in [-0.2, -0.15) is 0 Å². The minimum Gasteiger partial charge on any atom is -0.454 e. The second-order valence-electron chi connectivity index (χ2n) is 9.05. The molecule has 1 spiro atoms. The highest BCUT2D eigenvalue weighted by atomic mass is 16.6. The Morgan fingerprint density at radius 2 is 1.37 bits per heavy atom. The van der Waals surface area contributed by atoms with Crippen molar-refractivity contribution < 1.29 is 23.8 Å². The molecule has 0 N–H and O–H groups in total. The average Bonchev–Trinajstić information content (AvgIpc) is 3.20. The maximum Gasteiger partial charge on any atom is 0.338 e. The Labute approximate surface area is 175 Å². The van der Waals surface area contributed by atoms with E-state index in [-0.39, 0.29) is 35.5 Å². The third-order valence-corrected chi connectivity index (χ3v) is 7.56. The fourth-order valence-electron chi connectivity index (χ4n) is 6.21. The number of rotatable bonds is 4. The summed E-state index contributed by atoms with van der Waals surface area (Å²) in [5.41, 5.74) is 0.928. The van der Waals surface area contributed by atoms with Gasteiger partial charge in [0.05, 0.1) is 23.3 Å². The van der Waals surface area contributed by atoms with Crippen LogP contribution < -0.4 is 0 Å². The topological polar surface area (TPSA) is 61.8 Å². The molecule has 5 nitrogen and oxygen atoms in total. The normalized spacial score (nSPS) is 34.5. The monoisotopic (exact) mass is 404 g/mol. The Balaban J connectivity index is 1.32. The molecule has 2 aliphatic carbocycles. The van der Waals surface area contributed by atoms with Gasteiger partial charge in [-0.25, -0.2) is 9.59 Å². The van der Waals surface area contributed by atoms with Crippen LogP contribution in [0.5, 0.6) is 0 Å². The zero-order valence-electron chi connectivity index (χ0n) is 16.6. The molecule has 4 aliphatic rings. The van der Waals surface area contributed by atoms with Gasteiger partial charge < -0.3 is 14.2 Å². The second kappa shape index (κ2) is 6.67. The second-order valence-corrected chi connectivity index (χ2v) is 9.05. The average molecular weight is 404 g/mol. The summed E-state index contributed by atoms with van der Waals surface area (Å²) in [4.78, 5) is 25.8. The predicted octanol–water partition coefficient (Wildman–Crippen LogP) is 4.03. The highest BCUT2D eigenvalue weighted by Gasteiger charge is 2.75. The van der Waals surface area contributed by atoms with E-state index in [1.807, 2.05) is 36.4 Å². The standard InChI is InChI=1S/C25H24O5/c26-23(15-7-3-1-4-8-15)29-21-19-17-11-12-18(28-17)20(19)25(13-14-25)22(21)30-24(27)16-9-5-2-6-10-16/h1-10,17-22H,11-14H2. The van der Waals surface area contributed by atoms with Gasteiger partial charge in [0.1, 0.15) is 12.2 Å². The van der Waals surface area contributed by atoms with Crippen molar-refractivity contribution in [3.8, 4) is 0 Å². The zero-order valence-corrected chi connectivity index (χ0v) is 16.6. The molecule has 0 aromatic heterocycles. The van der Waals surface area contributed by atoms with Crippen LogP contribution in [0.25, 0.3) is 0 Å². The molecule has 2 aromatic rings. The van der Waals surface area contributed by atoms with E-state index in [0.717, 1.165) is 25.7 Å². The maximum atomic E-state index is 12.9. The van der Waals surface area contributed by atoms with Crippen LogP contribution in [-0.2, 0) is 14.2 Å². The van der Waals surface area contributed by atoms with Crippen molar-refractivity contribution in [3.05, 3.63) is 71.8 Å². The Hall–Kier alpha value is -2.66. The third kappa shape index (κ3) is 2.64. The minimum absolute atomic E-state index is 0.0893. The number of carbonyl (C=O) groups is 2. The van der Waals surface area contributed by atoms with Gasteiger partial charge in [-0.15, -0.1) is 0 Å². The summed E-state index contributed by atoms with van der Waals surface area (Å²) in [6.45, 7) is 0. The van der Waals surface area contributed by atoms with Crippen molar-refractivity contribution in [2.45, 2.75) is 50.1 Å². The van der Waals surface area contributed by atoms with Crippen LogP contribution in [0.2, 0.25) is 0 Å². The zero-order chi connectivity index (χ0) is 20.3. The Bertz CT molecular complexity index is 968. The first-order valence-electron chi connectivity index (χ1n) is 10.8. The first-order valence-corrected chi connectivity index (χ1v) is 10.8. The largest absolute Gasteiger partial charge is 0.454 e. The van der Waals surface area contributed by atoms with Gasteiger partial charge in [0.25, 0.3) is 0 Å². The molecule has 0 radical (unpaired) electrons. The van der Waals surface area contributed by atoms with E-state index in [2.05, 4.69) is 0 Å². The van der Waals surface area contributed by atoms with Crippen LogP contribution >= 0.6 is 0 Å². The number of carbonyl (C=O) groups excluding carboxylic acids is 2. The Kier molecular flexibility index (Phi) is 4.03. The summed E-state index contributed by atoms with van der Waals surface area (Å²) in [7, 11) is 0. The molecule has 6 unspecified atom stereocenters. The summed E-state index contributed by atoms with van der Waals surface area (Å²) >= 11 is 0. The number of ether oxygens (including phenoxy) is 3. The number of hydrogen-bond donors (Lipinski definition) is 0. The lowest BCUT2D eigenvalue weighted by molar-refractivity contribution is -0.0657. The van der Waals surface area contributed by atoms with Crippen LogP contribution in [0.4, 0.5) is 0 Å². The molecule has 30 heavy (non-hydrogen) atoms. The van der Waals surface area contributed by atoms with E-state index in [4.69, 9.17) is 14.2 Å². The van der Waals surface area contributed by atoms with Crippen molar-refractivity contribution in [1.29, 1.82) is 0 Å². The molecule has 154 valence electrons. The molecule has 0 amide bonds. The lowest BCUT2D eigenvalue weighted by Gasteiger charge is -2.28. The summed E-state index contributed by atoms with van der Waals surface area (Å²) in [6, 6.07) is 18.1. The smallest absolute Gasteiger partial charge is 0.338 e. The molecule has 2 saturated heterocycles. The molecule has 6 atom stereocenters. The van der Waals surface area contributed by atoms with Gasteiger partial charge in [0, 0.05) is 17.3 Å². The van der Waals surface area contributed by atoms with E-state index in [0.29, 0.717) is 17.0 Å². The number of hydrogen-bond acceptors (Lipinski definition) is 5. The first kappa shape index (κ1) is 18.1. The Morgan fingerprint density at radius 3 is 1.97 bits per heavy atom. The highest BCUT2D eigenvalue weighted by Crippen LogP contribution is 2.71. The van der Waals surface area contributed by atoms with Crippen LogP contribution in [0.15, 0.2) is 60.7 Å². The van der Waals surface area contributed by atoms with Crippen LogP contribution in [0.3, 0.4) is 0 Å². The van der Waals surface area contributed by atoms with Crippen molar-refractivity contribution in [1.82, 2.24) is 0 Å². The van der Waals surface area contributed by atoms with Crippen LogP contribution in [-0.4, -0.2) is 36.4 Å². The molecule has 5 heteroatoms. The lowest BCUT2D eigenvalue weighted by atomic mass is 9.76. The molecule has 6 rings (SSSR count). The maximum absolute atomic E-state index is 12.9.